The van der Waals surface area contributed by atoms with Crippen LogP contribution >= 0.6 is 0 Å². The average Bonchev–Trinajstić information content (AvgIpc) is 3.14. The van der Waals surface area contributed by atoms with E-state index >= 15 is 0 Å². The van der Waals surface area contributed by atoms with Gasteiger partial charge in [0.25, 0.3) is 0 Å². The van der Waals surface area contributed by atoms with Crippen LogP contribution in [0.25, 0.3) is 0 Å². The number of carbonyl (C=O) groups excluding carboxylic acids is 1. The van der Waals surface area contributed by atoms with Crippen molar-refractivity contribution in [3.05, 3.63) is 60.2 Å². The van der Waals surface area contributed by atoms with E-state index in [4.69, 9.17) is 9.47 Å². The summed E-state index contributed by atoms with van der Waals surface area (Å²) in [4.78, 5) is 14.1. The number of rotatable bonds is 6. The van der Waals surface area contributed by atoms with Gasteiger partial charge in [0.1, 0.15) is 18.0 Å². The minimum atomic E-state index is -0.479. The molecule has 2 aromatic rings. The van der Waals surface area contributed by atoms with Crippen LogP contribution in [0.3, 0.4) is 0 Å². The molecule has 1 saturated heterocycles. The highest BCUT2D eigenvalue weighted by atomic mass is 16.6. The molecule has 0 bridgehead atoms. The number of anilines is 1. The predicted octanol–water partition coefficient (Wildman–Crippen LogP) is 5.08. The summed E-state index contributed by atoms with van der Waals surface area (Å²) in [6.07, 6.45) is 1.67. The number of nitrogens with one attached hydrogen (secondary N) is 1. The lowest BCUT2D eigenvalue weighted by Gasteiger charge is -2.28. The Hall–Kier alpha value is -2.69. The average molecular weight is 383 g/mol. The summed E-state index contributed by atoms with van der Waals surface area (Å²) >= 11 is 0. The Morgan fingerprint density at radius 2 is 1.82 bits per heavy atom. The van der Waals surface area contributed by atoms with Crippen molar-refractivity contribution >= 4 is 11.8 Å². The standard InChI is InChI=1S/C23H30N2O3/c1-23(2,3)28-22(26)25-15-7-10-20(25)17-27-21-13-11-19(12-14-21)24-16-18-8-5-4-6-9-18/h4-6,8-9,11-14,20,24H,7,10,15-17H2,1-3H3. The third-order valence-electron chi connectivity index (χ3n) is 4.64. The molecule has 28 heavy (non-hydrogen) atoms. The number of nitrogens with zero attached hydrogens (tertiary/aromatic N) is 1. The maximum Gasteiger partial charge on any atom is 0.410 e. The lowest BCUT2D eigenvalue weighted by Crippen LogP contribution is -2.42. The van der Waals surface area contributed by atoms with Gasteiger partial charge in [-0.05, 0) is 63.4 Å². The highest BCUT2D eigenvalue weighted by molar-refractivity contribution is 5.69. The van der Waals surface area contributed by atoms with E-state index in [2.05, 4.69) is 17.4 Å². The fourth-order valence-electron chi connectivity index (χ4n) is 3.23. The van der Waals surface area contributed by atoms with E-state index in [1.165, 1.54) is 5.56 Å². The molecule has 0 saturated carbocycles. The third-order valence-corrected chi connectivity index (χ3v) is 4.64. The first-order valence-electron chi connectivity index (χ1n) is 9.91. The summed E-state index contributed by atoms with van der Waals surface area (Å²) in [6, 6.07) is 18.3. The molecule has 0 spiro atoms. The Labute approximate surface area is 167 Å². The van der Waals surface area contributed by atoms with Crippen molar-refractivity contribution in [2.45, 2.75) is 51.8 Å². The lowest BCUT2D eigenvalue weighted by molar-refractivity contribution is 0.0187. The maximum atomic E-state index is 12.4. The Morgan fingerprint density at radius 1 is 1.11 bits per heavy atom. The summed E-state index contributed by atoms with van der Waals surface area (Å²) in [5, 5.41) is 3.40. The Kier molecular flexibility index (Phi) is 6.45. The Balaban J connectivity index is 1.48. The van der Waals surface area contributed by atoms with E-state index in [0.717, 1.165) is 37.4 Å². The van der Waals surface area contributed by atoms with E-state index in [1.54, 1.807) is 4.90 Å². The second-order valence-electron chi connectivity index (χ2n) is 8.14. The van der Waals surface area contributed by atoms with Crippen molar-refractivity contribution in [2.75, 3.05) is 18.5 Å². The zero-order chi connectivity index (χ0) is 20.0. The van der Waals surface area contributed by atoms with Crippen molar-refractivity contribution < 1.29 is 14.3 Å². The molecule has 5 nitrogen and oxygen atoms in total. The van der Waals surface area contributed by atoms with Gasteiger partial charge in [0.15, 0.2) is 0 Å². The van der Waals surface area contributed by atoms with Crippen LogP contribution in [0, 0.1) is 0 Å². The summed E-state index contributed by atoms with van der Waals surface area (Å²) < 4.78 is 11.4. The molecule has 1 atom stereocenters. The molecular formula is C23H30N2O3. The molecule has 1 aliphatic rings. The molecule has 150 valence electrons. The molecule has 1 unspecified atom stereocenters. The van der Waals surface area contributed by atoms with Crippen molar-refractivity contribution in [3.63, 3.8) is 0 Å². The van der Waals surface area contributed by atoms with Crippen LogP contribution in [0.5, 0.6) is 5.75 Å². The number of amides is 1. The van der Waals surface area contributed by atoms with Crippen LogP contribution in [-0.2, 0) is 11.3 Å². The fourth-order valence-corrected chi connectivity index (χ4v) is 3.23. The zero-order valence-corrected chi connectivity index (χ0v) is 17.0. The number of carbonyl (C=O) groups is 1. The van der Waals surface area contributed by atoms with Crippen molar-refractivity contribution in [3.8, 4) is 5.75 Å². The van der Waals surface area contributed by atoms with E-state index in [1.807, 2.05) is 63.2 Å². The number of hydrogen-bond acceptors (Lipinski definition) is 4. The summed E-state index contributed by atoms with van der Waals surface area (Å²) in [7, 11) is 0. The van der Waals surface area contributed by atoms with Crippen molar-refractivity contribution in [2.24, 2.45) is 0 Å². The molecule has 1 heterocycles. The Morgan fingerprint density at radius 3 is 2.50 bits per heavy atom. The van der Waals surface area contributed by atoms with Gasteiger partial charge in [-0.25, -0.2) is 4.79 Å². The van der Waals surface area contributed by atoms with Crippen LogP contribution in [0.15, 0.2) is 54.6 Å². The molecule has 1 fully saturated rings. The number of likely N-dealkylation sites (tertiary alicyclic amines) is 1. The highest BCUT2D eigenvalue weighted by Gasteiger charge is 2.32. The van der Waals surface area contributed by atoms with Crippen molar-refractivity contribution in [1.29, 1.82) is 0 Å². The zero-order valence-electron chi connectivity index (χ0n) is 17.0. The van der Waals surface area contributed by atoms with Gasteiger partial charge < -0.3 is 19.7 Å². The van der Waals surface area contributed by atoms with Gasteiger partial charge in [0.2, 0.25) is 0 Å². The van der Waals surface area contributed by atoms with E-state index < -0.39 is 5.60 Å². The largest absolute Gasteiger partial charge is 0.491 e. The van der Waals surface area contributed by atoms with Gasteiger partial charge in [-0.2, -0.15) is 0 Å². The minimum absolute atomic E-state index is 0.0609. The van der Waals surface area contributed by atoms with Crippen LogP contribution in [0.2, 0.25) is 0 Å². The molecule has 1 N–H and O–H groups in total. The molecule has 0 radical (unpaired) electrons. The van der Waals surface area contributed by atoms with Gasteiger partial charge in [0.05, 0.1) is 6.04 Å². The van der Waals surface area contributed by atoms with Gasteiger partial charge in [-0.1, -0.05) is 30.3 Å². The van der Waals surface area contributed by atoms with E-state index in [0.29, 0.717) is 6.61 Å². The topological polar surface area (TPSA) is 50.8 Å². The molecule has 1 aliphatic heterocycles. The predicted molar refractivity (Wildman–Crippen MR) is 112 cm³/mol. The molecule has 1 amide bonds. The number of ether oxygens (including phenoxy) is 2. The summed E-state index contributed by atoms with van der Waals surface area (Å²) in [5.74, 6) is 0.807. The van der Waals surface area contributed by atoms with E-state index in [-0.39, 0.29) is 12.1 Å². The smallest absolute Gasteiger partial charge is 0.410 e. The van der Waals surface area contributed by atoms with Gasteiger partial charge in [-0.3, -0.25) is 0 Å². The van der Waals surface area contributed by atoms with Crippen LogP contribution < -0.4 is 10.1 Å². The summed E-state index contributed by atoms with van der Waals surface area (Å²) in [5.41, 5.74) is 1.81. The van der Waals surface area contributed by atoms with Crippen molar-refractivity contribution in [1.82, 2.24) is 4.90 Å². The van der Waals surface area contributed by atoms with Crippen LogP contribution in [0.1, 0.15) is 39.2 Å². The molecule has 0 aromatic heterocycles. The minimum Gasteiger partial charge on any atom is -0.491 e. The van der Waals surface area contributed by atoms with E-state index in [9.17, 15) is 4.79 Å². The quantitative estimate of drug-likeness (QED) is 0.757. The SMILES string of the molecule is CC(C)(C)OC(=O)N1CCCC1COc1ccc(NCc2ccccc2)cc1. The van der Waals surface area contributed by atoms with Gasteiger partial charge in [-0.15, -0.1) is 0 Å². The Bertz CT molecular complexity index is 754. The molecule has 3 rings (SSSR count). The first-order valence-corrected chi connectivity index (χ1v) is 9.91. The van der Waals surface area contributed by atoms with Gasteiger partial charge >= 0.3 is 6.09 Å². The normalized spacial score (nSPS) is 16.7. The van der Waals surface area contributed by atoms with Crippen LogP contribution in [-0.4, -0.2) is 35.8 Å². The first kappa shape index (κ1) is 20.1. The lowest BCUT2D eigenvalue weighted by atomic mass is 10.2. The molecule has 5 heteroatoms. The molecule has 0 aliphatic carbocycles. The molecular weight excluding hydrogens is 352 g/mol. The van der Waals surface area contributed by atoms with Gasteiger partial charge in [0, 0.05) is 18.8 Å². The highest BCUT2D eigenvalue weighted by Crippen LogP contribution is 2.23. The number of hydrogen-bond donors (Lipinski definition) is 1. The summed E-state index contributed by atoms with van der Waals surface area (Å²) in [6.45, 7) is 7.66. The third kappa shape index (κ3) is 5.91. The second kappa shape index (κ2) is 9.00. The second-order valence-corrected chi connectivity index (χ2v) is 8.14. The molecule has 2 aromatic carbocycles. The first-order chi connectivity index (χ1) is 13.4. The number of benzene rings is 2. The fraction of sp³-hybridized carbons (Fsp3) is 0.435. The monoisotopic (exact) mass is 382 g/mol. The maximum absolute atomic E-state index is 12.4. The van der Waals surface area contributed by atoms with Crippen LogP contribution in [0.4, 0.5) is 10.5 Å².